The standard InChI is InChI=1S/C28H41FN2O5/c1-19(2)22(14-21-8-11-26(35-4)27(15-21)36-13-5-12-34-3)17-24(30)25(32)18-31-28(33)16-20-6-9-23(29)10-7-20/h6-11,15,19,22,24-25,32H,5,12-14,16-18,30H2,1-4H3,(H,31,33). The third-order valence-corrected chi connectivity index (χ3v) is 6.27. The Hall–Kier alpha value is -2.68. The lowest BCUT2D eigenvalue weighted by atomic mass is 9.83. The number of aliphatic hydroxyl groups excluding tert-OH is 1. The normalized spacial score (nSPS) is 13.8. The van der Waals surface area contributed by atoms with Crippen LogP contribution in [-0.2, 0) is 22.4 Å². The minimum absolute atomic E-state index is 0.0635. The summed E-state index contributed by atoms with van der Waals surface area (Å²) >= 11 is 0. The van der Waals surface area contributed by atoms with Crippen molar-refractivity contribution in [3.63, 3.8) is 0 Å². The molecule has 200 valence electrons. The van der Waals surface area contributed by atoms with Crippen molar-refractivity contribution in [2.75, 3.05) is 34.0 Å². The first-order valence-electron chi connectivity index (χ1n) is 12.5. The quantitative estimate of drug-likeness (QED) is 0.303. The second-order valence-corrected chi connectivity index (χ2v) is 9.46. The Morgan fingerprint density at radius 3 is 2.39 bits per heavy atom. The average Bonchev–Trinajstić information content (AvgIpc) is 2.86. The molecule has 0 saturated carbocycles. The zero-order chi connectivity index (χ0) is 26.5. The van der Waals surface area contributed by atoms with Gasteiger partial charge in [0, 0.05) is 32.7 Å². The van der Waals surface area contributed by atoms with Crippen LogP contribution < -0.4 is 20.5 Å². The highest BCUT2D eigenvalue weighted by molar-refractivity contribution is 5.78. The van der Waals surface area contributed by atoms with Gasteiger partial charge in [0.1, 0.15) is 5.82 Å². The molecule has 0 fully saturated rings. The maximum Gasteiger partial charge on any atom is 0.224 e. The average molecular weight is 505 g/mol. The lowest BCUT2D eigenvalue weighted by molar-refractivity contribution is -0.121. The van der Waals surface area contributed by atoms with E-state index < -0.39 is 12.1 Å². The highest BCUT2D eigenvalue weighted by Gasteiger charge is 2.23. The van der Waals surface area contributed by atoms with Crippen molar-refractivity contribution in [2.24, 2.45) is 17.6 Å². The summed E-state index contributed by atoms with van der Waals surface area (Å²) in [6.45, 7) is 5.50. The molecule has 7 nitrogen and oxygen atoms in total. The van der Waals surface area contributed by atoms with E-state index in [9.17, 15) is 14.3 Å². The number of rotatable bonds is 16. The number of hydrogen-bond acceptors (Lipinski definition) is 6. The largest absolute Gasteiger partial charge is 0.493 e. The van der Waals surface area contributed by atoms with E-state index in [0.29, 0.717) is 42.6 Å². The molecule has 36 heavy (non-hydrogen) atoms. The van der Waals surface area contributed by atoms with Crippen LogP contribution in [0.1, 0.15) is 37.8 Å². The molecule has 0 aromatic heterocycles. The lowest BCUT2D eigenvalue weighted by Crippen LogP contribution is -2.45. The van der Waals surface area contributed by atoms with E-state index in [1.54, 1.807) is 26.4 Å². The maximum atomic E-state index is 13.0. The molecule has 2 rings (SSSR count). The minimum Gasteiger partial charge on any atom is -0.493 e. The third kappa shape index (κ3) is 10.1. The van der Waals surface area contributed by atoms with E-state index >= 15 is 0 Å². The summed E-state index contributed by atoms with van der Waals surface area (Å²) in [5.74, 6) is 1.34. The Balaban J connectivity index is 1.91. The molecule has 3 atom stereocenters. The van der Waals surface area contributed by atoms with Crippen LogP contribution in [0.4, 0.5) is 4.39 Å². The van der Waals surface area contributed by atoms with Crippen LogP contribution in [0, 0.1) is 17.7 Å². The van der Waals surface area contributed by atoms with Gasteiger partial charge in [-0.15, -0.1) is 0 Å². The van der Waals surface area contributed by atoms with Gasteiger partial charge in [-0.25, -0.2) is 4.39 Å². The van der Waals surface area contributed by atoms with Crippen LogP contribution in [0.3, 0.4) is 0 Å². The Labute approximate surface area is 214 Å². The number of carbonyl (C=O) groups excluding carboxylic acids is 1. The number of nitrogens with one attached hydrogen (secondary N) is 1. The number of methoxy groups -OCH3 is 2. The molecular weight excluding hydrogens is 463 g/mol. The van der Waals surface area contributed by atoms with Crippen molar-refractivity contribution in [3.8, 4) is 11.5 Å². The van der Waals surface area contributed by atoms with Crippen molar-refractivity contribution in [3.05, 3.63) is 59.4 Å². The van der Waals surface area contributed by atoms with Gasteiger partial charge in [0.15, 0.2) is 11.5 Å². The van der Waals surface area contributed by atoms with Gasteiger partial charge >= 0.3 is 0 Å². The summed E-state index contributed by atoms with van der Waals surface area (Å²) in [5.41, 5.74) is 8.14. The fourth-order valence-corrected chi connectivity index (χ4v) is 3.97. The van der Waals surface area contributed by atoms with Crippen molar-refractivity contribution >= 4 is 5.91 Å². The van der Waals surface area contributed by atoms with Crippen LogP contribution in [0.2, 0.25) is 0 Å². The number of carbonyl (C=O) groups is 1. The second kappa shape index (κ2) is 15.4. The molecule has 0 aliphatic rings. The fourth-order valence-electron chi connectivity index (χ4n) is 3.97. The zero-order valence-electron chi connectivity index (χ0n) is 21.8. The summed E-state index contributed by atoms with van der Waals surface area (Å²) in [5, 5.41) is 13.3. The highest BCUT2D eigenvalue weighted by Crippen LogP contribution is 2.31. The number of amides is 1. The Kier molecular flexibility index (Phi) is 12.7. The third-order valence-electron chi connectivity index (χ3n) is 6.27. The van der Waals surface area contributed by atoms with Gasteiger partial charge in [-0.3, -0.25) is 4.79 Å². The molecule has 8 heteroatoms. The van der Waals surface area contributed by atoms with Gasteiger partial charge in [-0.1, -0.05) is 32.0 Å². The molecular formula is C28H41FN2O5. The predicted molar refractivity (Wildman–Crippen MR) is 139 cm³/mol. The molecule has 0 saturated heterocycles. The first-order chi connectivity index (χ1) is 17.2. The van der Waals surface area contributed by atoms with Crippen molar-refractivity contribution < 1.29 is 28.5 Å². The minimum atomic E-state index is -0.876. The lowest BCUT2D eigenvalue weighted by Gasteiger charge is -2.27. The topological polar surface area (TPSA) is 103 Å². The Morgan fingerprint density at radius 2 is 1.75 bits per heavy atom. The molecule has 1 amide bonds. The van der Waals surface area contributed by atoms with Crippen LogP contribution in [0.15, 0.2) is 42.5 Å². The molecule has 3 unspecified atom stereocenters. The number of ether oxygens (including phenoxy) is 3. The fraction of sp³-hybridized carbons (Fsp3) is 0.536. The second-order valence-electron chi connectivity index (χ2n) is 9.46. The van der Waals surface area contributed by atoms with Gasteiger partial charge < -0.3 is 30.4 Å². The molecule has 0 aliphatic carbocycles. The molecule has 0 radical (unpaired) electrons. The van der Waals surface area contributed by atoms with E-state index in [4.69, 9.17) is 19.9 Å². The summed E-state index contributed by atoms with van der Waals surface area (Å²) < 4.78 is 29.4. The van der Waals surface area contributed by atoms with Crippen LogP contribution in [-0.4, -0.2) is 57.1 Å². The van der Waals surface area contributed by atoms with E-state index in [1.807, 2.05) is 18.2 Å². The van der Waals surface area contributed by atoms with Crippen LogP contribution in [0.5, 0.6) is 11.5 Å². The first-order valence-corrected chi connectivity index (χ1v) is 12.5. The van der Waals surface area contributed by atoms with Crippen molar-refractivity contribution in [1.82, 2.24) is 5.32 Å². The molecule has 4 N–H and O–H groups in total. The molecule has 2 aromatic rings. The zero-order valence-corrected chi connectivity index (χ0v) is 21.8. The predicted octanol–water partition coefficient (Wildman–Crippen LogP) is 3.50. The number of halogens is 1. The smallest absolute Gasteiger partial charge is 0.224 e. The van der Waals surface area contributed by atoms with E-state index in [0.717, 1.165) is 18.4 Å². The molecule has 2 aromatic carbocycles. The number of hydrogen-bond donors (Lipinski definition) is 3. The Morgan fingerprint density at radius 1 is 1.06 bits per heavy atom. The van der Waals surface area contributed by atoms with E-state index in [2.05, 4.69) is 19.2 Å². The molecule has 0 bridgehead atoms. The molecule has 0 spiro atoms. The highest BCUT2D eigenvalue weighted by atomic mass is 19.1. The van der Waals surface area contributed by atoms with Gasteiger partial charge in [-0.05, 0) is 60.1 Å². The van der Waals surface area contributed by atoms with Gasteiger partial charge in [-0.2, -0.15) is 0 Å². The van der Waals surface area contributed by atoms with Crippen LogP contribution >= 0.6 is 0 Å². The molecule has 0 heterocycles. The first kappa shape index (κ1) is 29.5. The maximum absolute atomic E-state index is 13.0. The monoisotopic (exact) mass is 504 g/mol. The molecule has 0 aliphatic heterocycles. The summed E-state index contributed by atoms with van der Waals surface area (Å²) in [7, 11) is 3.28. The summed E-state index contributed by atoms with van der Waals surface area (Å²) in [6, 6.07) is 11.2. The number of benzene rings is 2. The summed E-state index contributed by atoms with van der Waals surface area (Å²) in [4.78, 5) is 12.2. The van der Waals surface area contributed by atoms with Gasteiger partial charge in [0.25, 0.3) is 0 Å². The van der Waals surface area contributed by atoms with Crippen LogP contribution in [0.25, 0.3) is 0 Å². The van der Waals surface area contributed by atoms with Gasteiger partial charge in [0.05, 0.1) is 26.2 Å². The number of nitrogens with two attached hydrogens (primary N) is 1. The van der Waals surface area contributed by atoms with Gasteiger partial charge in [0.2, 0.25) is 5.91 Å². The van der Waals surface area contributed by atoms with E-state index in [-0.39, 0.29) is 30.6 Å². The Bertz CT molecular complexity index is 923. The van der Waals surface area contributed by atoms with Crippen molar-refractivity contribution in [2.45, 2.75) is 51.7 Å². The van der Waals surface area contributed by atoms with E-state index in [1.165, 1.54) is 12.1 Å². The SMILES string of the molecule is COCCCOc1cc(CC(CC(N)C(O)CNC(=O)Cc2ccc(F)cc2)C(C)C)ccc1OC. The van der Waals surface area contributed by atoms with Crippen molar-refractivity contribution in [1.29, 1.82) is 0 Å². The summed E-state index contributed by atoms with van der Waals surface area (Å²) in [6.07, 6.45) is 1.39. The number of aliphatic hydroxyl groups is 1.